The molecule has 1 aliphatic rings. The summed E-state index contributed by atoms with van der Waals surface area (Å²) in [5.74, 6) is 0.207. The molecular formula is C12H21ClN2O5. The molecule has 116 valence electrons. The second-order valence-electron chi connectivity index (χ2n) is 4.22. The molecule has 1 heterocycles. The fourth-order valence-corrected chi connectivity index (χ4v) is 1.83. The first-order valence-electron chi connectivity index (χ1n) is 6.51. The van der Waals surface area contributed by atoms with E-state index in [0.29, 0.717) is 39.4 Å². The molecule has 0 aromatic carbocycles. The van der Waals surface area contributed by atoms with E-state index >= 15 is 0 Å². The number of hydrogen-bond acceptors (Lipinski definition) is 5. The molecule has 0 saturated carbocycles. The molecule has 8 heteroatoms. The van der Waals surface area contributed by atoms with Gasteiger partial charge in [-0.3, -0.25) is 4.79 Å². The van der Waals surface area contributed by atoms with Crippen molar-refractivity contribution in [2.45, 2.75) is 0 Å². The van der Waals surface area contributed by atoms with Crippen LogP contribution in [-0.4, -0.2) is 87.4 Å². The number of alkyl halides is 1. The molecule has 1 rings (SSSR count). The summed E-state index contributed by atoms with van der Waals surface area (Å²) >= 11 is 5.45. The van der Waals surface area contributed by atoms with Crippen LogP contribution >= 0.6 is 11.6 Å². The number of ether oxygens (including phenoxy) is 3. The first-order valence-corrected chi connectivity index (χ1v) is 7.04. The van der Waals surface area contributed by atoms with Gasteiger partial charge in [-0.2, -0.15) is 0 Å². The highest BCUT2D eigenvalue weighted by Gasteiger charge is 2.24. The SMILES string of the molecule is COCCOCC(=O)N1CCN(C(=O)OCCCl)CC1. The Morgan fingerprint density at radius 2 is 1.70 bits per heavy atom. The van der Waals surface area contributed by atoms with Gasteiger partial charge in [-0.1, -0.05) is 0 Å². The van der Waals surface area contributed by atoms with Crippen LogP contribution in [0.4, 0.5) is 4.79 Å². The van der Waals surface area contributed by atoms with Gasteiger partial charge in [0.25, 0.3) is 0 Å². The predicted molar refractivity (Wildman–Crippen MR) is 72.9 cm³/mol. The van der Waals surface area contributed by atoms with Crippen LogP contribution in [0.15, 0.2) is 0 Å². The van der Waals surface area contributed by atoms with E-state index < -0.39 is 0 Å². The number of carbonyl (C=O) groups excluding carboxylic acids is 2. The number of piperazine rings is 1. The highest BCUT2D eigenvalue weighted by molar-refractivity contribution is 6.18. The van der Waals surface area contributed by atoms with Crippen molar-refractivity contribution in [2.24, 2.45) is 0 Å². The third-order valence-electron chi connectivity index (χ3n) is 2.85. The minimum atomic E-state index is -0.380. The average molecular weight is 309 g/mol. The first-order chi connectivity index (χ1) is 9.69. The molecule has 0 bridgehead atoms. The van der Waals surface area contributed by atoms with E-state index in [1.54, 1.807) is 16.9 Å². The summed E-state index contributed by atoms with van der Waals surface area (Å²) < 4.78 is 14.9. The lowest BCUT2D eigenvalue weighted by molar-refractivity contribution is -0.138. The van der Waals surface area contributed by atoms with Crippen molar-refractivity contribution in [3.05, 3.63) is 0 Å². The van der Waals surface area contributed by atoms with E-state index in [2.05, 4.69) is 0 Å². The summed E-state index contributed by atoms with van der Waals surface area (Å²) in [6.45, 7) is 3.01. The Morgan fingerprint density at radius 1 is 1.05 bits per heavy atom. The van der Waals surface area contributed by atoms with Gasteiger partial charge in [0.1, 0.15) is 13.2 Å². The molecule has 1 aliphatic heterocycles. The van der Waals surface area contributed by atoms with Gasteiger partial charge < -0.3 is 24.0 Å². The molecule has 7 nitrogen and oxygen atoms in total. The number of carbonyl (C=O) groups is 2. The van der Waals surface area contributed by atoms with Gasteiger partial charge in [0.05, 0.1) is 19.1 Å². The van der Waals surface area contributed by atoms with Crippen molar-refractivity contribution in [3.63, 3.8) is 0 Å². The molecule has 2 amide bonds. The average Bonchev–Trinajstić information content (AvgIpc) is 2.49. The normalized spacial score (nSPS) is 15.3. The Labute approximate surface area is 123 Å². The molecule has 0 aromatic heterocycles. The molecule has 0 N–H and O–H groups in total. The van der Waals surface area contributed by atoms with Crippen molar-refractivity contribution in [1.82, 2.24) is 9.80 Å². The van der Waals surface area contributed by atoms with Gasteiger partial charge in [-0.15, -0.1) is 11.6 Å². The maximum atomic E-state index is 11.8. The van der Waals surface area contributed by atoms with Crippen LogP contribution in [0.5, 0.6) is 0 Å². The highest BCUT2D eigenvalue weighted by Crippen LogP contribution is 2.04. The number of hydrogen-bond donors (Lipinski definition) is 0. The second-order valence-corrected chi connectivity index (χ2v) is 4.59. The Kier molecular flexibility index (Phi) is 8.32. The number of rotatable bonds is 7. The van der Waals surface area contributed by atoms with E-state index in [9.17, 15) is 9.59 Å². The summed E-state index contributed by atoms with van der Waals surface area (Å²) in [6, 6.07) is 0. The van der Waals surface area contributed by atoms with Crippen LogP contribution < -0.4 is 0 Å². The molecular weight excluding hydrogens is 288 g/mol. The monoisotopic (exact) mass is 308 g/mol. The smallest absolute Gasteiger partial charge is 0.409 e. The topological polar surface area (TPSA) is 68.3 Å². The maximum Gasteiger partial charge on any atom is 0.409 e. The Hall–Kier alpha value is -1.05. The van der Waals surface area contributed by atoms with Gasteiger partial charge in [0.2, 0.25) is 5.91 Å². The number of nitrogens with zero attached hydrogens (tertiary/aromatic N) is 2. The van der Waals surface area contributed by atoms with Gasteiger partial charge in [-0.25, -0.2) is 4.79 Å². The van der Waals surface area contributed by atoms with Crippen LogP contribution in [0.1, 0.15) is 0 Å². The van der Waals surface area contributed by atoms with E-state index in [1.807, 2.05) is 0 Å². The molecule has 0 radical (unpaired) electrons. The molecule has 0 atom stereocenters. The van der Waals surface area contributed by atoms with Crippen molar-refractivity contribution in [1.29, 1.82) is 0 Å². The summed E-state index contributed by atoms with van der Waals surface area (Å²) in [5.41, 5.74) is 0. The molecule has 0 spiro atoms. The third-order valence-corrected chi connectivity index (χ3v) is 3.00. The van der Waals surface area contributed by atoms with Crippen molar-refractivity contribution >= 4 is 23.6 Å². The minimum Gasteiger partial charge on any atom is -0.448 e. The minimum absolute atomic E-state index is 0.0417. The van der Waals surface area contributed by atoms with E-state index in [0.717, 1.165) is 0 Å². The standard InChI is InChI=1S/C12H21ClN2O5/c1-18-8-9-19-10-11(16)14-3-5-15(6-4-14)12(17)20-7-2-13/h2-10H2,1H3. The first kappa shape index (κ1) is 17.0. The van der Waals surface area contributed by atoms with Crippen molar-refractivity contribution in [3.8, 4) is 0 Å². The van der Waals surface area contributed by atoms with Crippen molar-refractivity contribution < 1.29 is 23.8 Å². The zero-order valence-corrected chi connectivity index (χ0v) is 12.4. The van der Waals surface area contributed by atoms with Crippen LogP contribution in [0, 0.1) is 0 Å². The number of amides is 2. The van der Waals surface area contributed by atoms with E-state index in [1.165, 1.54) is 0 Å². The fourth-order valence-electron chi connectivity index (χ4n) is 1.75. The van der Waals surface area contributed by atoms with Crippen molar-refractivity contribution in [2.75, 3.05) is 65.6 Å². The molecule has 0 unspecified atom stereocenters. The van der Waals surface area contributed by atoms with Crippen LogP contribution in [0.3, 0.4) is 0 Å². The zero-order chi connectivity index (χ0) is 14.8. The summed E-state index contributed by atoms with van der Waals surface area (Å²) in [7, 11) is 1.58. The van der Waals surface area contributed by atoms with Crippen LogP contribution in [0.2, 0.25) is 0 Å². The molecule has 1 saturated heterocycles. The molecule has 20 heavy (non-hydrogen) atoms. The molecule has 0 aromatic rings. The summed E-state index contributed by atoms with van der Waals surface area (Å²) in [4.78, 5) is 26.6. The third kappa shape index (κ3) is 5.94. The molecule has 1 fully saturated rings. The Bertz CT molecular complexity index is 308. The second kappa shape index (κ2) is 9.79. The summed E-state index contributed by atoms with van der Waals surface area (Å²) in [6.07, 6.45) is -0.380. The Balaban J connectivity index is 2.20. The lowest BCUT2D eigenvalue weighted by atomic mass is 10.3. The lowest BCUT2D eigenvalue weighted by Crippen LogP contribution is -2.51. The van der Waals surface area contributed by atoms with E-state index in [4.69, 9.17) is 25.8 Å². The number of halogens is 1. The maximum absolute atomic E-state index is 11.8. The van der Waals surface area contributed by atoms with Gasteiger partial charge in [0, 0.05) is 33.3 Å². The summed E-state index contributed by atoms with van der Waals surface area (Å²) in [5, 5.41) is 0. The number of methoxy groups -OCH3 is 1. The fraction of sp³-hybridized carbons (Fsp3) is 0.833. The predicted octanol–water partition coefficient (Wildman–Crippen LogP) is 0.169. The van der Waals surface area contributed by atoms with Gasteiger partial charge >= 0.3 is 6.09 Å². The lowest BCUT2D eigenvalue weighted by Gasteiger charge is -2.34. The van der Waals surface area contributed by atoms with E-state index in [-0.39, 0.29) is 31.1 Å². The highest BCUT2D eigenvalue weighted by atomic mass is 35.5. The van der Waals surface area contributed by atoms with Gasteiger partial charge in [-0.05, 0) is 0 Å². The van der Waals surface area contributed by atoms with Crippen LogP contribution in [0.25, 0.3) is 0 Å². The Morgan fingerprint density at radius 3 is 2.30 bits per heavy atom. The molecule has 0 aliphatic carbocycles. The quantitative estimate of drug-likeness (QED) is 0.495. The van der Waals surface area contributed by atoms with Crippen LogP contribution in [-0.2, 0) is 19.0 Å². The largest absolute Gasteiger partial charge is 0.448 e. The zero-order valence-electron chi connectivity index (χ0n) is 11.7. The van der Waals surface area contributed by atoms with Gasteiger partial charge in [0.15, 0.2) is 0 Å².